The number of aliphatic hydroxyl groups excluding tert-OH is 10. The first-order chi connectivity index (χ1) is 63.1. The fourth-order valence-electron chi connectivity index (χ4n) is 14.2. The van der Waals surface area contributed by atoms with Crippen molar-refractivity contribution in [1.29, 1.82) is 0 Å². The molecule has 20 atom stereocenters. The lowest BCUT2D eigenvalue weighted by Gasteiger charge is -2.47. The van der Waals surface area contributed by atoms with Crippen LogP contribution in [-0.2, 0) is 134 Å². The molecule has 5 saturated heterocycles. The smallest absolute Gasteiger partial charge is 0.338 e. The summed E-state index contributed by atoms with van der Waals surface area (Å²) in [5, 5.41) is 112. The van der Waals surface area contributed by atoms with Crippen LogP contribution in [0, 0.1) is 0 Å². The first kappa shape index (κ1) is 114. The van der Waals surface area contributed by atoms with E-state index in [4.69, 9.17) is 106 Å². The maximum Gasteiger partial charge on any atom is 0.338 e. The highest BCUT2D eigenvalue weighted by molar-refractivity contribution is 6.74. The van der Waals surface area contributed by atoms with E-state index in [0.717, 1.165) is 33.4 Å². The van der Waals surface area contributed by atoms with Crippen molar-refractivity contribution in [2.24, 2.45) is 0 Å². The van der Waals surface area contributed by atoms with Gasteiger partial charge >= 0.3 is 17.9 Å². The summed E-state index contributed by atoms with van der Waals surface area (Å²) in [5.41, 5.74) is 3.34. The molecule has 34 heteroatoms. The average Bonchev–Trinajstić information content (AvgIpc) is 1.73. The number of carbonyl (C=O) groups is 3. The van der Waals surface area contributed by atoms with E-state index in [1.807, 2.05) is 159 Å². The van der Waals surface area contributed by atoms with Crippen molar-refractivity contribution in [2.75, 3.05) is 72.7 Å². The van der Waals surface area contributed by atoms with E-state index in [1.54, 1.807) is 39.8 Å². The Bertz CT molecular complexity index is 4300. The highest BCUT2D eigenvalue weighted by atomic mass is 28.4. The Labute approximate surface area is 791 Å². The average molecular weight is 1920 g/mol. The molecular formula is C100H150O32Si2. The number of carbonyl (C=O) groups excluding carboxylic acids is 1. The fourth-order valence-corrected chi connectivity index (χ4v) is 16.3. The normalized spacial score (nSPS) is 24.8. The minimum absolute atomic E-state index is 0.0213. The van der Waals surface area contributed by atoms with E-state index in [1.165, 1.54) is 0 Å². The van der Waals surface area contributed by atoms with Gasteiger partial charge in [-0.3, -0.25) is 0 Å². The molecule has 0 aromatic heterocycles. The lowest BCUT2D eigenvalue weighted by Crippen LogP contribution is -2.61. The van der Waals surface area contributed by atoms with E-state index in [9.17, 15) is 45.0 Å². The van der Waals surface area contributed by atoms with Crippen LogP contribution in [0.1, 0.15) is 130 Å². The van der Waals surface area contributed by atoms with Gasteiger partial charge in [0.1, 0.15) is 97.7 Å². The number of rotatable bonds is 40. The van der Waals surface area contributed by atoms with Crippen molar-refractivity contribution >= 4 is 34.5 Å². The van der Waals surface area contributed by atoms with Gasteiger partial charge in [-0.15, -0.1) is 0 Å². The van der Waals surface area contributed by atoms with Crippen LogP contribution < -0.4 is 0 Å². The zero-order valence-electron chi connectivity index (χ0n) is 80.9. The van der Waals surface area contributed by atoms with Gasteiger partial charge in [-0.05, 0) is 125 Å². The Morgan fingerprint density at radius 3 is 0.896 bits per heavy atom. The zero-order valence-corrected chi connectivity index (χ0v) is 82.9. The predicted molar refractivity (Wildman–Crippen MR) is 502 cm³/mol. The SMILES string of the molecule is CC1(C)COC(C(CO)OCc2ccccc2)C(C(CO)OCc2ccccc2)O1.CC1(C)COC(C(CO[Si](C)(C)C(C)(C)C)OCc2ccccc2)C(C(CO[Si](C)(C)C(C)(C)C)OCc2ccccc2)O1.CC1(C)COC(C(OCc2ccccc2)C(=O)O)C(C(OCc2ccccc2)C(=O)O)O1.CC1(C)COC([C@@H](O)CO)C([C@@H](O)CO)O1.O=C1O[C@@H]([C@@H](O)CO)C(O)C1O. The third-order valence-corrected chi connectivity index (χ3v) is 33.0. The van der Waals surface area contributed by atoms with Gasteiger partial charge in [0.05, 0.1) is 135 Å². The third kappa shape index (κ3) is 36.1. The second-order valence-electron chi connectivity index (χ2n) is 39.5. The summed E-state index contributed by atoms with van der Waals surface area (Å²) in [6.45, 7) is 39.3. The molecule has 0 radical (unpaired) electrons. The van der Waals surface area contributed by atoms with Crippen LogP contribution in [0.5, 0.6) is 0 Å². The van der Waals surface area contributed by atoms with Crippen molar-refractivity contribution in [2.45, 2.75) is 317 Å². The van der Waals surface area contributed by atoms with Gasteiger partial charge < -0.3 is 141 Å². The Balaban J connectivity index is 0.000000243. The topological polar surface area (TPSA) is 451 Å². The van der Waals surface area contributed by atoms with Crippen molar-refractivity contribution in [3.63, 3.8) is 0 Å². The van der Waals surface area contributed by atoms with Gasteiger partial charge in [0.2, 0.25) is 0 Å². The molecule has 0 amide bonds. The largest absolute Gasteiger partial charge is 0.479 e. The van der Waals surface area contributed by atoms with Crippen LogP contribution in [0.2, 0.25) is 36.3 Å². The molecule has 0 saturated carbocycles. The minimum atomic E-state index is -2.07. The van der Waals surface area contributed by atoms with E-state index in [-0.39, 0.29) is 61.9 Å². The highest BCUT2D eigenvalue weighted by Crippen LogP contribution is 2.41. The van der Waals surface area contributed by atoms with Crippen LogP contribution in [0.4, 0.5) is 0 Å². The number of hydrogen-bond donors (Lipinski definition) is 12. The number of benzene rings is 6. The molecule has 134 heavy (non-hydrogen) atoms. The number of aliphatic hydroxyl groups is 10. The maximum atomic E-state index is 12.1. The summed E-state index contributed by atoms with van der Waals surface area (Å²) in [5.74, 6) is -3.53. The van der Waals surface area contributed by atoms with Crippen LogP contribution in [0.3, 0.4) is 0 Å². The molecule has 5 aliphatic rings. The standard InChI is InChI=1S/C36H60O6Si2.C24H28O8.C24H32O6.C10H20O6.C6H10O6/c1-34(2,3)43(9,10)40-25-30(37-23-28-19-15-13-16-20-28)32-33(42-36(7,8)27-39-32)31(26-41-44(11,12)35(4,5)6)38-24-29-21-17-14-18-22-29;1-24(2)15-31-18(20(22(25)26)29-13-16-9-5-3-6-10-16)19(32-24)21(23(27)28)30-14-17-11-7-4-8-12-17;1-24(2)17-29-22(20(13-25)27-15-18-9-5-3-6-10-18)23(30-24)21(14-26)28-16-19-11-7-4-8-12-19;1-10(2)5-15-8(6(13)3-11)9(16-10)7(14)4-12;7-1-2(8)5-3(9)4(10)6(11)12-5/h13-22,30-33H,23-27H2,1-12H3;3-12,18-21H,13-15H2,1-2H3,(H,25,26)(H,27,28);3-12,20-23,25-26H,13-17H2,1-2H3;6-9,11-14H,3-5H2,1-2H3;2-5,7-10H,1H2/t;;;6-,7-,8?,9?;2-,3?,4?,5-/m...00/s1. The van der Waals surface area contributed by atoms with Crippen molar-refractivity contribution < 1.29 is 156 Å². The molecule has 0 aliphatic carbocycles. The van der Waals surface area contributed by atoms with Gasteiger partial charge in [0.15, 0.2) is 41.1 Å². The predicted octanol–water partition coefficient (Wildman–Crippen LogP) is 9.60. The van der Waals surface area contributed by atoms with E-state index in [2.05, 4.69) is 111 Å². The second-order valence-corrected chi connectivity index (χ2v) is 49.1. The molecule has 5 fully saturated rings. The lowest BCUT2D eigenvalue weighted by molar-refractivity contribution is -0.278. The molecule has 6 aromatic rings. The fraction of sp³-hybridized carbons (Fsp3) is 0.610. The monoisotopic (exact) mass is 1920 g/mol. The van der Waals surface area contributed by atoms with Crippen LogP contribution >= 0.6 is 0 Å². The molecule has 0 spiro atoms. The summed E-state index contributed by atoms with van der Waals surface area (Å²) in [6, 6.07) is 58.3. The summed E-state index contributed by atoms with van der Waals surface area (Å²) >= 11 is 0. The van der Waals surface area contributed by atoms with Gasteiger partial charge in [-0.2, -0.15) is 0 Å². The van der Waals surface area contributed by atoms with Crippen molar-refractivity contribution in [1.82, 2.24) is 0 Å². The first-order valence-corrected chi connectivity index (χ1v) is 51.4. The van der Waals surface area contributed by atoms with Crippen LogP contribution in [-0.4, -0.2) is 313 Å². The van der Waals surface area contributed by atoms with Gasteiger partial charge in [-0.1, -0.05) is 224 Å². The first-order valence-electron chi connectivity index (χ1n) is 45.6. The van der Waals surface area contributed by atoms with E-state index >= 15 is 0 Å². The zero-order chi connectivity index (χ0) is 99.0. The highest BCUT2D eigenvalue weighted by Gasteiger charge is 2.53. The summed E-state index contributed by atoms with van der Waals surface area (Å²) < 4.78 is 103. The number of esters is 1. The molecule has 0 bridgehead atoms. The van der Waals surface area contributed by atoms with E-state index < -0.39 is 187 Å². The van der Waals surface area contributed by atoms with Crippen molar-refractivity contribution in [3.8, 4) is 0 Å². The molecule has 32 nitrogen and oxygen atoms in total. The maximum absolute atomic E-state index is 12.1. The minimum Gasteiger partial charge on any atom is -0.479 e. The van der Waals surface area contributed by atoms with Gasteiger partial charge in [-0.25, -0.2) is 14.4 Å². The summed E-state index contributed by atoms with van der Waals surface area (Å²) in [7, 11) is -4.14. The summed E-state index contributed by atoms with van der Waals surface area (Å²) in [4.78, 5) is 34.7. The molecule has 750 valence electrons. The van der Waals surface area contributed by atoms with Crippen molar-refractivity contribution in [3.05, 3.63) is 215 Å². The Morgan fingerprint density at radius 1 is 0.351 bits per heavy atom. The molecular weight excluding hydrogens is 1770 g/mol. The van der Waals surface area contributed by atoms with E-state index in [0.29, 0.717) is 52.9 Å². The Kier molecular flexibility index (Phi) is 45.6. The molecule has 6 aromatic carbocycles. The quantitative estimate of drug-likeness (QED) is 0.0126. The van der Waals surface area contributed by atoms with Gasteiger partial charge in [0, 0.05) is 0 Å². The molecule has 5 heterocycles. The Hall–Kier alpha value is -6.88. The van der Waals surface area contributed by atoms with Gasteiger partial charge in [0.25, 0.3) is 0 Å². The molecule has 11 rings (SSSR count). The summed E-state index contributed by atoms with van der Waals surface area (Å²) in [6.07, 6.45) is -18.9. The number of hydrogen-bond acceptors (Lipinski definition) is 30. The van der Waals surface area contributed by atoms with Crippen LogP contribution in [0.15, 0.2) is 182 Å². The number of carboxylic acids is 2. The third-order valence-electron chi connectivity index (χ3n) is 24.0. The molecule has 5 aliphatic heterocycles. The number of carboxylic acid groups (broad SMARTS) is 2. The van der Waals surface area contributed by atoms with Crippen LogP contribution in [0.25, 0.3) is 0 Å². The molecule has 12 N–H and O–H groups in total. The number of cyclic esters (lactones) is 1. The lowest BCUT2D eigenvalue weighted by atomic mass is 9.97. The number of ether oxygens (including phenoxy) is 15. The second kappa shape index (κ2) is 53.5. The molecule has 16 unspecified atom stereocenters. The number of aliphatic carboxylic acids is 2. The Morgan fingerprint density at radius 2 is 0.597 bits per heavy atom.